The Hall–Kier alpha value is -1.81. The molecule has 0 unspecified atom stereocenters. The van der Waals surface area contributed by atoms with Crippen LogP contribution in [0.15, 0.2) is 35.4 Å². The second kappa shape index (κ2) is 8.97. The van der Waals surface area contributed by atoms with Gasteiger partial charge in [0.05, 0.1) is 5.56 Å². The molecule has 1 aliphatic heterocycles. The molecule has 0 amide bonds. The van der Waals surface area contributed by atoms with Gasteiger partial charge in [0.15, 0.2) is 0 Å². The summed E-state index contributed by atoms with van der Waals surface area (Å²) in [6, 6.07) is 7.33. The molecule has 4 rings (SSSR count). The molecule has 0 aromatic heterocycles. The molecule has 4 heteroatoms. The summed E-state index contributed by atoms with van der Waals surface area (Å²) in [5.41, 5.74) is 6.08. The molecule has 1 aromatic carbocycles. The van der Waals surface area contributed by atoms with E-state index in [9.17, 15) is 4.79 Å². The Bertz CT molecular complexity index is 812. The van der Waals surface area contributed by atoms with E-state index in [1.165, 1.54) is 51.4 Å². The number of hydrogen-bond donors (Lipinski definition) is 1. The van der Waals surface area contributed by atoms with Crippen LogP contribution in [0.2, 0.25) is 0 Å². The molecule has 2 aliphatic carbocycles. The maximum absolute atomic E-state index is 11.1. The fourth-order valence-electron chi connectivity index (χ4n) is 5.65. The highest BCUT2D eigenvalue weighted by molar-refractivity contribution is 5.88. The van der Waals surface area contributed by atoms with Crippen LogP contribution in [0, 0.1) is 10.8 Å². The van der Waals surface area contributed by atoms with Crippen LogP contribution in [0.4, 0.5) is 5.69 Å². The lowest BCUT2D eigenvalue weighted by Crippen LogP contribution is -2.47. The summed E-state index contributed by atoms with van der Waals surface area (Å²) in [4.78, 5) is 16.1. The van der Waals surface area contributed by atoms with Crippen molar-refractivity contribution in [2.75, 3.05) is 37.6 Å². The van der Waals surface area contributed by atoms with Gasteiger partial charge >= 0.3 is 5.97 Å². The van der Waals surface area contributed by atoms with Crippen molar-refractivity contribution in [3.05, 3.63) is 41.0 Å². The number of carboxylic acid groups (broad SMARTS) is 1. The van der Waals surface area contributed by atoms with Gasteiger partial charge in [0.25, 0.3) is 0 Å². The quantitative estimate of drug-likeness (QED) is 0.547. The second-order valence-corrected chi connectivity index (χ2v) is 11.3. The first-order chi connectivity index (χ1) is 14.7. The van der Waals surface area contributed by atoms with Crippen LogP contribution >= 0.6 is 0 Å². The lowest BCUT2D eigenvalue weighted by atomic mass is 9.65. The molecule has 1 heterocycles. The van der Waals surface area contributed by atoms with E-state index >= 15 is 0 Å². The van der Waals surface area contributed by atoms with E-state index in [1.54, 1.807) is 23.3 Å². The minimum Gasteiger partial charge on any atom is -0.478 e. The third-order valence-corrected chi connectivity index (χ3v) is 8.15. The minimum atomic E-state index is -0.859. The lowest BCUT2D eigenvalue weighted by Gasteiger charge is -2.41. The Morgan fingerprint density at radius 2 is 1.65 bits per heavy atom. The van der Waals surface area contributed by atoms with Gasteiger partial charge in [-0.1, -0.05) is 38.3 Å². The monoisotopic (exact) mass is 424 g/mol. The summed E-state index contributed by atoms with van der Waals surface area (Å²) in [5, 5.41) is 9.11. The number of allylic oxidation sites excluding steroid dienone is 1. The molecule has 1 aromatic rings. The highest BCUT2D eigenvalue weighted by atomic mass is 16.4. The number of anilines is 1. The molecule has 0 spiro atoms. The Morgan fingerprint density at radius 3 is 2.23 bits per heavy atom. The highest BCUT2D eigenvalue weighted by Crippen LogP contribution is 2.47. The zero-order chi connectivity index (χ0) is 22.1. The van der Waals surface area contributed by atoms with Crippen LogP contribution in [0.3, 0.4) is 0 Å². The van der Waals surface area contributed by atoms with Crippen LogP contribution in [0.1, 0.15) is 82.5 Å². The smallest absolute Gasteiger partial charge is 0.335 e. The van der Waals surface area contributed by atoms with Gasteiger partial charge in [0, 0.05) is 38.4 Å². The Labute approximate surface area is 188 Å². The standard InChI is InChI=1S/C27H40N2O2/c1-26(2)13-9-23(22(19-26)10-14-27(3)11-4-12-27)20-28-15-17-29(18-16-28)24-7-5-21(6-8-24)25(30)31/h5-8H,4,9-20H2,1-3H3,(H,30,31). The minimum absolute atomic E-state index is 0.359. The molecule has 0 bridgehead atoms. The number of hydrogen-bond acceptors (Lipinski definition) is 3. The zero-order valence-electron chi connectivity index (χ0n) is 19.8. The molecule has 31 heavy (non-hydrogen) atoms. The SMILES string of the molecule is CC1(C)CCC(CN2CCN(c3ccc(C(=O)O)cc3)CC2)=C(CCC2(C)CCC2)C1. The van der Waals surface area contributed by atoms with Gasteiger partial charge < -0.3 is 10.0 Å². The Kier molecular flexibility index (Phi) is 6.48. The first-order valence-corrected chi connectivity index (χ1v) is 12.2. The first-order valence-electron chi connectivity index (χ1n) is 12.2. The largest absolute Gasteiger partial charge is 0.478 e. The number of aromatic carboxylic acids is 1. The van der Waals surface area contributed by atoms with Gasteiger partial charge in [-0.15, -0.1) is 0 Å². The van der Waals surface area contributed by atoms with Crippen molar-refractivity contribution in [2.45, 2.75) is 72.1 Å². The Balaban J connectivity index is 1.35. The van der Waals surface area contributed by atoms with E-state index in [4.69, 9.17) is 5.11 Å². The van der Waals surface area contributed by atoms with Gasteiger partial charge in [-0.3, -0.25) is 4.90 Å². The van der Waals surface area contributed by atoms with Crippen molar-refractivity contribution in [3.8, 4) is 0 Å². The van der Waals surface area contributed by atoms with Gasteiger partial charge in [-0.05, 0) is 80.0 Å². The van der Waals surface area contributed by atoms with Gasteiger partial charge in [-0.25, -0.2) is 4.79 Å². The molecule has 170 valence electrons. The molecule has 1 saturated carbocycles. The van der Waals surface area contributed by atoms with Crippen LogP contribution in [0.25, 0.3) is 0 Å². The van der Waals surface area contributed by atoms with E-state index in [1.807, 2.05) is 12.1 Å². The molecule has 0 atom stereocenters. The molecule has 0 radical (unpaired) electrons. The fourth-order valence-corrected chi connectivity index (χ4v) is 5.65. The number of carboxylic acids is 1. The normalized spacial score (nSPS) is 23.5. The van der Waals surface area contributed by atoms with Crippen LogP contribution in [-0.2, 0) is 0 Å². The number of rotatable bonds is 7. The lowest BCUT2D eigenvalue weighted by molar-refractivity contribution is 0.0697. The summed E-state index contributed by atoms with van der Waals surface area (Å²) in [7, 11) is 0. The molecular weight excluding hydrogens is 384 g/mol. The molecule has 1 N–H and O–H groups in total. The fraction of sp³-hybridized carbons (Fsp3) is 0.667. The highest BCUT2D eigenvalue weighted by Gasteiger charge is 2.33. The van der Waals surface area contributed by atoms with E-state index in [0.717, 1.165) is 38.4 Å². The van der Waals surface area contributed by atoms with E-state index in [2.05, 4.69) is 30.6 Å². The molecule has 2 fully saturated rings. The first kappa shape index (κ1) is 22.4. The second-order valence-electron chi connectivity index (χ2n) is 11.3. The van der Waals surface area contributed by atoms with Crippen molar-refractivity contribution in [1.29, 1.82) is 0 Å². The molecule has 4 nitrogen and oxygen atoms in total. The van der Waals surface area contributed by atoms with Gasteiger partial charge in [0.2, 0.25) is 0 Å². The molecule has 1 saturated heterocycles. The number of piperazine rings is 1. The van der Waals surface area contributed by atoms with Crippen molar-refractivity contribution in [1.82, 2.24) is 4.90 Å². The van der Waals surface area contributed by atoms with E-state index in [0.29, 0.717) is 16.4 Å². The average Bonchev–Trinajstić information content (AvgIpc) is 2.73. The maximum atomic E-state index is 11.1. The van der Waals surface area contributed by atoms with Crippen molar-refractivity contribution in [2.24, 2.45) is 10.8 Å². The number of carbonyl (C=O) groups is 1. The van der Waals surface area contributed by atoms with Crippen molar-refractivity contribution < 1.29 is 9.90 Å². The van der Waals surface area contributed by atoms with Crippen molar-refractivity contribution in [3.63, 3.8) is 0 Å². The predicted molar refractivity (Wildman–Crippen MR) is 128 cm³/mol. The van der Waals surface area contributed by atoms with E-state index in [-0.39, 0.29) is 0 Å². The maximum Gasteiger partial charge on any atom is 0.335 e. The predicted octanol–water partition coefficient (Wildman–Crippen LogP) is 5.98. The summed E-state index contributed by atoms with van der Waals surface area (Å²) < 4.78 is 0. The van der Waals surface area contributed by atoms with Crippen LogP contribution in [-0.4, -0.2) is 48.7 Å². The summed E-state index contributed by atoms with van der Waals surface area (Å²) in [6.45, 7) is 12.7. The molecule has 3 aliphatic rings. The third-order valence-electron chi connectivity index (χ3n) is 8.15. The average molecular weight is 425 g/mol. The third kappa shape index (κ3) is 5.52. The summed E-state index contributed by atoms with van der Waals surface area (Å²) in [5.74, 6) is -0.859. The van der Waals surface area contributed by atoms with Crippen LogP contribution < -0.4 is 4.90 Å². The number of benzene rings is 1. The van der Waals surface area contributed by atoms with Crippen molar-refractivity contribution >= 4 is 11.7 Å². The Morgan fingerprint density at radius 1 is 0.968 bits per heavy atom. The summed E-state index contributed by atoms with van der Waals surface area (Å²) >= 11 is 0. The summed E-state index contributed by atoms with van der Waals surface area (Å²) in [6.07, 6.45) is 10.8. The van der Waals surface area contributed by atoms with Gasteiger partial charge in [-0.2, -0.15) is 0 Å². The van der Waals surface area contributed by atoms with E-state index < -0.39 is 5.97 Å². The molecular formula is C27H40N2O2. The number of nitrogens with zero attached hydrogens (tertiary/aromatic N) is 2. The zero-order valence-corrected chi connectivity index (χ0v) is 19.8. The van der Waals surface area contributed by atoms with Crippen LogP contribution in [0.5, 0.6) is 0 Å². The van der Waals surface area contributed by atoms with Gasteiger partial charge in [0.1, 0.15) is 0 Å². The topological polar surface area (TPSA) is 43.8 Å².